The fraction of sp³-hybridized carbons (Fsp3) is 0.600. The van der Waals surface area contributed by atoms with Gasteiger partial charge in [-0.3, -0.25) is 9.59 Å². The van der Waals surface area contributed by atoms with E-state index >= 15 is 0 Å². The van der Waals surface area contributed by atoms with Gasteiger partial charge in [-0.2, -0.15) is 0 Å². The summed E-state index contributed by atoms with van der Waals surface area (Å²) in [4.78, 5) is 23.5. The Morgan fingerprint density at radius 2 is 1.93 bits per heavy atom. The van der Waals surface area contributed by atoms with Crippen LogP contribution in [0, 0.1) is 0 Å². The Kier molecular flexibility index (Phi) is 5.85. The topological polar surface area (TPSA) is 80.3 Å². The van der Waals surface area contributed by atoms with Gasteiger partial charge in [-0.15, -0.1) is 0 Å². The van der Waals surface area contributed by atoms with Gasteiger partial charge in [0, 0.05) is 18.4 Å². The van der Waals surface area contributed by atoms with Crippen LogP contribution in [0.25, 0.3) is 0 Å². The molecule has 0 radical (unpaired) electrons. The highest BCUT2D eigenvalue weighted by atomic mass is 79.9. The summed E-state index contributed by atoms with van der Waals surface area (Å²) in [6.45, 7) is 2.05. The Labute approximate surface area is 171 Å². The van der Waals surface area contributed by atoms with Gasteiger partial charge in [-0.1, -0.05) is 46.3 Å². The first-order chi connectivity index (χ1) is 13.5. The molecule has 3 heterocycles. The highest BCUT2D eigenvalue weighted by molar-refractivity contribution is 9.09. The van der Waals surface area contributed by atoms with Crippen molar-refractivity contribution < 1.29 is 33.3 Å². The van der Waals surface area contributed by atoms with Crippen LogP contribution in [-0.4, -0.2) is 60.3 Å². The second kappa shape index (κ2) is 8.20. The number of rotatable bonds is 4. The van der Waals surface area contributed by atoms with Crippen molar-refractivity contribution in [2.75, 3.05) is 11.9 Å². The van der Waals surface area contributed by atoms with Gasteiger partial charge < -0.3 is 23.7 Å². The molecule has 7 atom stereocenters. The van der Waals surface area contributed by atoms with Crippen molar-refractivity contribution in [2.24, 2.45) is 0 Å². The third-order valence-corrected chi connectivity index (χ3v) is 5.99. The normalized spacial score (nSPS) is 40.1. The zero-order valence-electron chi connectivity index (χ0n) is 15.5. The predicted octanol–water partition coefficient (Wildman–Crippen LogP) is 2.31. The maximum Gasteiger partial charge on any atom is 0.316 e. The van der Waals surface area contributed by atoms with E-state index in [4.69, 9.17) is 23.7 Å². The molecule has 4 rings (SSSR count). The van der Waals surface area contributed by atoms with E-state index in [0.29, 0.717) is 25.7 Å². The maximum atomic E-state index is 11.7. The number of carbonyl (C=O) groups excluding carboxylic acids is 2. The molecule has 7 nitrogen and oxygen atoms in total. The molecule has 0 unspecified atom stereocenters. The second-order valence-corrected chi connectivity index (χ2v) is 8.07. The van der Waals surface area contributed by atoms with E-state index in [2.05, 4.69) is 15.9 Å². The van der Waals surface area contributed by atoms with Gasteiger partial charge in [-0.25, -0.2) is 0 Å². The number of aldehydes is 1. The standard InChI is InChI=1S/C20H23BrO7/c1-20(11-22)17(27-18(23)9-21)8-14-15(28-20)7-13-16(25-14)10-24-19(26-13)12-5-3-2-4-6-12/h2-6,11,13-17,19H,7-10H2,1H3/t13-,14-,15+,16+,17+,19+,20-/m0/s1. The molecular formula is C20H23BrO7. The van der Waals surface area contributed by atoms with Crippen LogP contribution in [0.15, 0.2) is 30.3 Å². The van der Waals surface area contributed by atoms with E-state index < -0.39 is 24.0 Å². The maximum absolute atomic E-state index is 11.7. The largest absolute Gasteiger partial charge is 0.458 e. The molecule has 28 heavy (non-hydrogen) atoms. The number of esters is 1. The molecule has 0 saturated carbocycles. The van der Waals surface area contributed by atoms with Gasteiger partial charge >= 0.3 is 5.97 Å². The van der Waals surface area contributed by atoms with Gasteiger partial charge in [0.15, 0.2) is 18.2 Å². The molecule has 0 amide bonds. The van der Waals surface area contributed by atoms with Crippen LogP contribution in [0.3, 0.4) is 0 Å². The number of hydrogen-bond acceptors (Lipinski definition) is 7. The van der Waals surface area contributed by atoms with Crippen LogP contribution >= 0.6 is 15.9 Å². The zero-order valence-corrected chi connectivity index (χ0v) is 17.1. The molecule has 0 aliphatic carbocycles. The summed E-state index contributed by atoms with van der Waals surface area (Å²) in [6, 6.07) is 9.74. The molecule has 3 fully saturated rings. The average Bonchev–Trinajstić information content (AvgIpc) is 2.73. The third-order valence-electron chi connectivity index (χ3n) is 5.53. The zero-order chi connectivity index (χ0) is 19.7. The van der Waals surface area contributed by atoms with E-state index in [1.54, 1.807) is 6.92 Å². The SMILES string of the molecule is C[C@@]1(C=O)O[C@@H]2C[C@@H]3O[C@H](c4ccccc4)OC[C@H]3O[C@H]2C[C@H]1OC(=O)CBr. The summed E-state index contributed by atoms with van der Waals surface area (Å²) >= 11 is 3.07. The minimum Gasteiger partial charge on any atom is -0.458 e. The molecule has 1 aromatic rings. The summed E-state index contributed by atoms with van der Waals surface area (Å²) in [6.07, 6.45) is -0.483. The number of halogens is 1. The van der Waals surface area contributed by atoms with Crippen molar-refractivity contribution in [3.05, 3.63) is 35.9 Å². The Balaban J connectivity index is 1.46. The summed E-state index contributed by atoms with van der Waals surface area (Å²) < 4.78 is 29.6. The first-order valence-corrected chi connectivity index (χ1v) is 10.5. The lowest BCUT2D eigenvalue weighted by Gasteiger charge is -2.51. The van der Waals surface area contributed by atoms with Gasteiger partial charge in [0.25, 0.3) is 0 Å². The average molecular weight is 455 g/mol. The van der Waals surface area contributed by atoms with E-state index in [9.17, 15) is 9.59 Å². The van der Waals surface area contributed by atoms with Crippen LogP contribution in [0.5, 0.6) is 0 Å². The molecule has 0 spiro atoms. The van der Waals surface area contributed by atoms with Gasteiger partial charge in [0.1, 0.15) is 17.5 Å². The van der Waals surface area contributed by atoms with Crippen LogP contribution in [0.4, 0.5) is 0 Å². The quantitative estimate of drug-likeness (QED) is 0.392. The fourth-order valence-electron chi connectivity index (χ4n) is 4.02. The van der Waals surface area contributed by atoms with Crippen molar-refractivity contribution in [3.63, 3.8) is 0 Å². The number of hydrogen-bond donors (Lipinski definition) is 0. The van der Waals surface area contributed by atoms with E-state index in [1.165, 1.54) is 0 Å². The Morgan fingerprint density at radius 1 is 1.18 bits per heavy atom. The Hall–Kier alpha value is -1.32. The molecular weight excluding hydrogens is 432 g/mol. The van der Waals surface area contributed by atoms with E-state index in [1.807, 2.05) is 30.3 Å². The van der Waals surface area contributed by atoms with Crippen molar-refractivity contribution in [2.45, 2.75) is 62.2 Å². The summed E-state index contributed by atoms with van der Waals surface area (Å²) in [5.74, 6) is -0.441. The smallest absolute Gasteiger partial charge is 0.316 e. The monoisotopic (exact) mass is 454 g/mol. The minimum atomic E-state index is -1.21. The number of ether oxygens (including phenoxy) is 5. The van der Waals surface area contributed by atoms with Crippen LogP contribution in [0.2, 0.25) is 0 Å². The molecule has 0 bridgehead atoms. The second-order valence-electron chi connectivity index (χ2n) is 7.50. The number of benzene rings is 1. The molecule has 3 aliphatic rings. The van der Waals surface area contributed by atoms with Crippen molar-refractivity contribution in [1.82, 2.24) is 0 Å². The summed E-state index contributed by atoms with van der Waals surface area (Å²) in [7, 11) is 0. The predicted molar refractivity (Wildman–Crippen MR) is 101 cm³/mol. The fourth-order valence-corrected chi connectivity index (χ4v) is 4.16. The number of carbonyl (C=O) groups is 2. The van der Waals surface area contributed by atoms with Crippen LogP contribution in [-0.2, 0) is 33.3 Å². The molecule has 8 heteroatoms. The Bertz CT molecular complexity index is 714. The lowest BCUT2D eigenvalue weighted by molar-refractivity contribution is -0.327. The molecule has 3 aliphatic heterocycles. The Morgan fingerprint density at radius 3 is 2.64 bits per heavy atom. The van der Waals surface area contributed by atoms with Crippen molar-refractivity contribution in [1.29, 1.82) is 0 Å². The van der Waals surface area contributed by atoms with Gasteiger partial charge in [-0.05, 0) is 6.92 Å². The number of alkyl halides is 1. The molecule has 1 aromatic carbocycles. The molecule has 0 aromatic heterocycles. The molecule has 0 N–H and O–H groups in total. The van der Waals surface area contributed by atoms with E-state index in [0.717, 1.165) is 5.56 Å². The lowest BCUT2D eigenvalue weighted by atomic mass is 9.85. The van der Waals surface area contributed by atoms with Crippen LogP contribution < -0.4 is 0 Å². The molecule has 152 valence electrons. The third kappa shape index (κ3) is 3.89. The molecule has 3 saturated heterocycles. The summed E-state index contributed by atoms with van der Waals surface area (Å²) in [5.41, 5.74) is -0.258. The van der Waals surface area contributed by atoms with Crippen molar-refractivity contribution >= 4 is 28.2 Å². The van der Waals surface area contributed by atoms with E-state index in [-0.39, 0.29) is 29.7 Å². The van der Waals surface area contributed by atoms with Gasteiger partial charge in [0.05, 0.1) is 24.9 Å². The first kappa shape index (κ1) is 20.0. The summed E-state index contributed by atoms with van der Waals surface area (Å²) in [5, 5.41) is 0.0562. The lowest BCUT2D eigenvalue weighted by Crippen LogP contribution is -2.63. The van der Waals surface area contributed by atoms with Gasteiger partial charge in [0.2, 0.25) is 0 Å². The highest BCUT2D eigenvalue weighted by Crippen LogP contribution is 2.41. The minimum absolute atomic E-state index is 0.0562. The number of fused-ring (bicyclic) bond motifs is 2. The van der Waals surface area contributed by atoms with Crippen molar-refractivity contribution in [3.8, 4) is 0 Å². The first-order valence-electron chi connectivity index (χ1n) is 9.39. The van der Waals surface area contributed by atoms with Crippen LogP contribution in [0.1, 0.15) is 31.6 Å². The highest BCUT2D eigenvalue weighted by Gasteiger charge is 2.53.